The molecule has 0 radical (unpaired) electrons. The SMILES string of the molecule is CCCCCCCCC1(CCCCCCCC)c2ccccc2-c2ccc[siH]c21. The third-order valence-electron chi connectivity index (χ3n) is 7.09. The second-order valence-corrected chi connectivity index (χ2v) is 10.5. The standard InChI is InChI=1S/C28H42Si/c1-3-5-7-9-11-15-21-28(22-16-12-10-8-6-4-2)26-20-14-13-18-24(26)25-19-17-23-29-27(25)28/h13-14,17-20,23,29H,3-12,15-16,21-22H2,1-2H3. The van der Waals surface area contributed by atoms with Gasteiger partial charge in [-0.1, -0.05) is 133 Å². The van der Waals surface area contributed by atoms with Crippen molar-refractivity contribution in [3.05, 3.63) is 52.8 Å². The summed E-state index contributed by atoms with van der Waals surface area (Å²) in [4.78, 5) is 0. The summed E-state index contributed by atoms with van der Waals surface area (Å²) in [5, 5.41) is 1.82. The molecule has 1 aromatic heterocycles. The molecule has 0 amide bonds. The van der Waals surface area contributed by atoms with Gasteiger partial charge in [-0.3, -0.25) is 0 Å². The topological polar surface area (TPSA) is 0 Å². The van der Waals surface area contributed by atoms with Crippen molar-refractivity contribution in [1.82, 2.24) is 0 Å². The van der Waals surface area contributed by atoms with E-state index >= 15 is 0 Å². The highest BCUT2D eigenvalue weighted by Crippen LogP contribution is 2.53. The fourth-order valence-electron chi connectivity index (χ4n) is 5.49. The highest BCUT2D eigenvalue weighted by Gasteiger charge is 2.41. The van der Waals surface area contributed by atoms with Crippen LogP contribution in [0.3, 0.4) is 0 Å². The van der Waals surface area contributed by atoms with Crippen LogP contribution in [0.25, 0.3) is 11.1 Å². The molecule has 1 aliphatic rings. The van der Waals surface area contributed by atoms with Gasteiger partial charge >= 0.3 is 0 Å². The first kappa shape index (κ1) is 22.5. The molecule has 0 atom stereocenters. The summed E-state index contributed by atoms with van der Waals surface area (Å²) in [5.41, 5.74) is 7.63. The maximum Gasteiger partial charge on any atom is 0.0259 e. The summed E-state index contributed by atoms with van der Waals surface area (Å²) in [5.74, 6) is 0. The Morgan fingerprint density at radius 3 is 1.83 bits per heavy atom. The fourth-order valence-corrected chi connectivity index (χ4v) is 7.10. The second kappa shape index (κ2) is 11.8. The van der Waals surface area contributed by atoms with Crippen LogP contribution in [0.15, 0.2) is 42.1 Å². The first-order valence-corrected chi connectivity index (χ1v) is 13.8. The lowest BCUT2D eigenvalue weighted by molar-refractivity contribution is 0.402. The minimum absolute atomic E-state index is 0.309. The maximum atomic E-state index is 2.47. The van der Waals surface area contributed by atoms with Crippen LogP contribution in [0.5, 0.6) is 0 Å². The first-order chi connectivity index (χ1) is 14.3. The Morgan fingerprint density at radius 2 is 1.17 bits per heavy atom. The van der Waals surface area contributed by atoms with Crippen LogP contribution in [0.1, 0.15) is 114 Å². The lowest BCUT2D eigenvalue weighted by Crippen LogP contribution is -2.26. The molecule has 0 nitrogen and oxygen atoms in total. The summed E-state index contributed by atoms with van der Waals surface area (Å²) in [6.45, 7) is 4.63. The van der Waals surface area contributed by atoms with Crippen molar-refractivity contribution in [2.75, 3.05) is 0 Å². The van der Waals surface area contributed by atoms with E-state index in [1.54, 1.807) is 16.7 Å². The predicted octanol–water partition coefficient (Wildman–Crippen LogP) is 8.52. The molecule has 0 spiro atoms. The van der Waals surface area contributed by atoms with Gasteiger partial charge in [0.15, 0.2) is 0 Å². The van der Waals surface area contributed by atoms with Gasteiger partial charge < -0.3 is 0 Å². The molecule has 0 N–H and O–H groups in total. The number of unbranched alkanes of at least 4 members (excludes halogenated alkanes) is 10. The Bertz CT molecular complexity index is 669. The Balaban J connectivity index is 1.75. The van der Waals surface area contributed by atoms with Crippen LogP contribution in [0.2, 0.25) is 0 Å². The molecule has 1 aliphatic carbocycles. The van der Waals surface area contributed by atoms with Gasteiger partial charge in [0, 0.05) is 14.5 Å². The normalized spacial score (nSPS) is 14.0. The van der Waals surface area contributed by atoms with Crippen LogP contribution in [0, 0.1) is 0 Å². The molecule has 0 saturated carbocycles. The summed E-state index contributed by atoms with van der Waals surface area (Å²) >= 11 is 0. The number of hydrogen-bond acceptors (Lipinski definition) is 0. The van der Waals surface area contributed by atoms with Crippen molar-refractivity contribution in [3.63, 3.8) is 0 Å². The van der Waals surface area contributed by atoms with E-state index in [0.717, 1.165) is 0 Å². The molecule has 0 unspecified atom stereocenters. The predicted molar refractivity (Wildman–Crippen MR) is 131 cm³/mol. The zero-order valence-electron chi connectivity index (χ0n) is 19.0. The van der Waals surface area contributed by atoms with Gasteiger partial charge in [-0.25, -0.2) is 0 Å². The molecule has 0 aliphatic heterocycles. The average molecular weight is 407 g/mol. The number of hydrogen-bond donors (Lipinski definition) is 0. The summed E-state index contributed by atoms with van der Waals surface area (Å²) in [6, 6.07) is 14.1. The Hall–Kier alpha value is -1.21. The minimum atomic E-state index is 0.309. The maximum absolute atomic E-state index is 2.47. The van der Waals surface area contributed by atoms with Gasteiger partial charge in [0.05, 0.1) is 0 Å². The van der Waals surface area contributed by atoms with Crippen LogP contribution >= 0.6 is 0 Å². The molecule has 1 aromatic carbocycles. The Labute approximate surface area is 182 Å². The molecule has 158 valence electrons. The van der Waals surface area contributed by atoms with Gasteiger partial charge in [0.1, 0.15) is 0 Å². The Kier molecular flexibility index (Phi) is 9.17. The molecule has 0 bridgehead atoms. The summed E-state index contributed by atoms with van der Waals surface area (Å²) in [6.07, 6.45) is 19.6. The largest absolute Gasteiger partial charge is 0.0802 e. The van der Waals surface area contributed by atoms with Crippen molar-refractivity contribution >= 4 is 9.12 Å². The molecular formula is C28H42Si. The zero-order valence-corrected chi connectivity index (χ0v) is 20.2. The van der Waals surface area contributed by atoms with Gasteiger partial charge in [0.2, 0.25) is 0 Å². The van der Waals surface area contributed by atoms with Crippen LogP contribution in [0.4, 0.5) is 0 Å². The Morgan fingerprint density at radius 1 is 0.621 bits per heavy atom. The van der Waals surface area contributed by atoms with Crippen LogP contribution in [-0.4, -0.2) is 9.12 Å². The van der Waals surface area contributed by atoms with E-state index in [-0.39, 0.29) is 0 Å². The van der Waals surface area contributed by atoms with E-state index < -0.39 is 0 Å². The van der Waals surface area contributed by atoms with Crippen LogP contribution < -0.4 is 0 Å². The monoisotopic (exact) mass is 406 g/mol. The lowest BCUT2D eigenvalue weighted by atomic mass is 9.73. The van der Waals surface area contributed by atoms with Gasteiger partial charge in [0.25, 0.3) is 0 Å². The fraction of sp³-hybridized carbons (Fsp3) is 0.607. The second-order valence-electron chi connectivity index (χ2n) is 9.21. The van der Waals surface area contributed by atoms with Crippen molar-refractivity contribution < 1.29 is 0 Å². The number of rotatable bonds is 14. The van der Waals surface area contributed by atoms with Crippen molar-refractivity contribution in [2.45, 2.75) is 109 Å². The molecule has 0 saturated heterocycles. The van der Waals surface area contributed by atoms with E-state index in [9.17, 15) is 0 Å². The highest BCUT2D eigenvalue weighted by atomic mass is 28.2. The van der Waals surface area contributed by atoms with E-state index in [0.29, 0.717) is 14.5 Å². The molecule has 2 aromatic rings. The van der Waals surface area contributed by atoms with E-state index in [2.05, 4.69) is 55.9 Å². The summed E-state index contributed by atoms with van der Waals surface area (Å²) < 4.78 is 0. The third kappa shape index (κ3) is 5.48. The molecule has 1 heterocycles. The van der Waals surface area contributed by atoms with Gasteiger partial charge in [-0.2, -0.15) is 0 Å². The molecular weight excluding hydrogens is 364 g/mol. The lowest BCUT2D eigenvalue weighted by Gasteiger charge is -2.33. The van der Waals surface area contributed by atoms with E-state index in [4.69, 9.17) is 0 Å². The molecule has 1 heteroatoms. The molecule has 0 fully saturated rings. The van der Waals surface area contributed by atoms with E-state index in [1.165, 1.54) is 89.9 Å². The molecule has 29 heavy (non-hydrogen) atoms. The number of fused-ring (bicyclic) bond motifs is 3. The van der Waals surface area contributed by atoms with Crippen molar-refractivity contribution in [3.8, 4) is 11.1 Å². The average Bonchev–Trinajstić information content (AvgIpc) is 3.04. The summed E-state index contributed by atoms with van der Waals surface area (Å²) in [7, 11) is 0.309. The first-order valence-electron chi connectivity index (χ1n) is 12.5. The van der Waals surface area contributed by atoms with Crippen LogP contribution in [-0.2, 0) is 5.41 Å². The van der Waals surface area contributed by atoms with E-state index in [1.807, 2.05) is 5.17 Å². The zero-order chi connectivity index (χ0) is 20.4. The molecule has 3 rings (SSSR count). The van der Waals surface area contributed by atoms with Gasteiger partial charge in [-0.15, -0.1) is 0 Å². The van der Waals surface area contributed by atoms with Gasteiger partial charge in [-0.05, 0) is 34.7 Å². The quantitative estimate of drug-likeness (QED) is 0.218. The van der Waals surface area contributed by atoms with Crippen molar-refractivity contribution in [1.29, 1.82) is 0 Å². The smallest absolute Gasteiger partial charge is 0.0259 e. The van der Waals surface area contributed by atoms with Crippen molar-refractivity contribution in [2.24, 2.45) is 0 Å². The third-order valence-corrected chi connectivity index (χ3v) is 8.70. The minimum Gasteiger partial charge on any atom is -0.0802 e. The highest BCUT2D eigenvalue weighted by molar-refractivity contribution is 6.34. The number of benzene rings is 1.